The van der Waals surface area contributed by atoms with Crippen LogP contribution in [0, 0.1) is 0 Å². The van der Waals surface area contributed by atoms with Crippen LogP contribution in [0.1, 0.15) is 19.3 Å². The van der Waals surface area contributed by atoms with Crippen molar-refractivity contribution >= 4 is 6.03 Å². The summed E-state index contributed by atoms with van der Waals surface area (Å²) < 4.78 is 5.07. The van der Waals surface area contributed by atoms with Crippen LogP contribution in [0.25, 0.3) is 0 Å². The molecule has 0 aromatic rings. The van der Waals surface area contributed by atoms with Crippen LogP contribution in [0.5, 0.6) is 0 Å². The molecule has 0 bridgehead atoms. The van der Waals surface area contributed by atoms with Crippen LogP contribution in [0.2, 0.25) is 0 Å². The van der Waals surface area contributed by atoms with Crippen LogP contribution in [-0.4, -0.2) is 43.5 Å². The van der Waals surface area contributed by atoms with Gasteiger partial charge in [-0.3, -0.25) is 0 Å². The fourth-order valence-electron chi connectivity index (χ4n) is 1.51. The van der Waals surface area contributed by atoms with E-state index in [1.165, 1.54) is 0 Å². The molecular weight excluding hydrogens is 208 g/mol. The maximum absolute atomic E-state index is 11.4. The molecular formula is C11H20N2O3. The summed E-state index contributed by atoms with van der Waals surface area (Å²) in [6, 6.07) is 0.140. The Hall–Kier alpha value is -1.07. The Bertz CT molecular complexity index is 223. The van der Waals surface area contributed by atoms with E-state index in [1.807, 2.05) is 0 Å². The first-order valence-electron chi connectivity index (χ1n) is 5.71. The van der Waals surface area contributed by atoms with E-state index in [9.17, 15) is 4.79 Å². The van der Waals surface area contributed by atoms with E-state index in [0.29, 0.717) is 19.8 Å². The number of hydrogen-bond donors (Lipinski definition) is 3. The molecule has 2 amide bonds. The lowest BCUT2D eigenvalue weighted by Crippen LogP contribution is -2.41. The van der Waals surface area contributed by atoms with Crippen molar-refractivity contribution in [3.8, 4) is 0 Å². The molecule has 0 aromatic heterocycles. The van der Waals surface area contributed by atoms with Crippen LogP contribution >= 0.6 is 0 Å². The number of carbonyl (C=O) groups excluding carboxylic acids is 1. The highest BCUT2D eigenvalue weighted by molar-refractivity contribution is 5.74. The molecule has 5 nitrogen and oxygen atoms in total. The van der Waals surface area contributed by atoms with E-state index >= 15 is 0 Å². The van der Waals surface area contributed by atoms with Gasteiger partial charge in [0.1, 0.15) is 0 Å². The highest BCUT2D eigenvalue weighted by Gasteiger charge is 2.12. The monoisotopic (exact) mass is 228 g/mol. The number of rotatable bonds is 7. The van der Waals surface area contributed by atoms with Crippen molar-refractivity contribution in [2.45, 2.75) is 25.3 Å². The number of aliphatic hydroxyl groups excluding tert-OH is 1. The zero-order chi connectivity index (χ0) is 11.6. The fourth-order valence-corrected chi connectivity index (χ4v) is 1.51. The second-order valence-electron chi connectivity index (χ2n) is 3.73. The van der Waals surface area contributed by atoms with Gasteiger partial charge in [-0.25, -0.2) is 4.79 Å². The average molecular weight is 228 g/mol. The second-order valence-corrected chi connectivity index (χ2v) is 3.73. The number of amides is 2. The van der Waals surface area contributed by atoms with Crippen LogP contribution in [0.4, 0.5) is 4.79 Å². The molecule has 0 spiro atoms. The Morgan fingerprint density at radius 1 is 1.38 bits per heavy atom. The van der Waals surface area contributed by atoms with E-state index in [4.69, 9.17) is 9.84 Å². The summed E-state index contributed by atoms with van der Waals surface area (Å²) in [4.78, 5) is 11.4. The molecule has 0 heterocycles. The smallest absolute Gasteiger partial charge is 0.315 e. The predicted octanol–water partition coefficient (Wildman–Crippen LogP) is 0.403. The number of aliphatic hydroxyl groups is 1. The van der Waals surface area contributed by atoms with Crippen molar-refractivity contribution in [1.82, 2.24) is 10.6 Å². The summed E-state index contributed by atoms with van der Waals surface area (Å²) >= 11 is 0. The number of ether oxygens (including phenoxy) is 1. The van der Waals surface area contributed by atoms with Gasteiger partial charge in [0.25, 0.3) is 0 Å². The first-order chi connectivity index (χ1) is 7.83. The minimum absolute atomic E-state index is 0.0442. The molecule has 0 saturated carbocycles. The normalized spacial score (nSPS) is 15.3. The minimum atomic E-state index is -0.115. The van der Waals surface area contributed by atoms with E-state index in [0.717, 1.165) is 19.3 Å². The Kier molecular flexibility index (Phi) is 6.60. The number of urea groups is 1. The summed E-state index contributed by atoms with van der Waals surface area (Å²) in [7, 11) is 0. The zero-order valence-electron chi connectivity index (χ0n) is 9.45. The fraction of sp³-hybridized carbons (Fsp3) is 0.727. The van der Waals surface area contributed by atoms with Crippen molar-refractivity contribution < 1.29 is 14.6 Å². The van der Waals surface area contributed by atoms with Gasteiger partial charge in [-0.2, -0.15) is 0 Å². The quantitative estimate of drug-likeness (QED) is 0.436. The Morgan fingerprint density at radius 3 is 2.81 bits per heavy atom. The minimum Gasteiger partial charge on any atom is -0.394 e. The lowest BCUT2D eigenvalue weighted by molar-refractivity contribution is 0.0909. The summed E-state index contributed by atoms with van der Waals surface area (Å²) in [5.41, 5.74) is 0. The summed E-state index contributed by atoms with van der Waals surface area (Å²) in [6.07, 6.45) is 6.76. The van der Waals surface area contributed by atoms with Gasteiger partial charge in [0.2, 0.25) is 0 Å². The van der Waals surface area contributed by atoms with Gasteiger partial charge >= 0.3 is 6.03 Å². The second kappa shape index (κ2) is 8.13. The molecule has 5 heteroatoms. The molecule has 3 N–H and O–H groups in total. The Morgan fingerprint density at radius 2 is 2.12 bits per heavy atom. The molecule has 16 heavy (non-hydrogen) atoms. The lowest BCUT2D eigenvalue weighted by atomic mass is 10.2. The van der Waals surface area contributed by atoms with Gasteiger partial charge in [-0.15, -0.1) is 0 Å². The number of nitrogens with one attached hydrogen (secondary N) is 2. The summed E-state index contributed by atoms with van der Waals surface area (Å²) in [5.74, 6) is 0. The van der Waals surface area contributed by atoms with Crippen LogP contribution in [0.3, 0.4) is 0 Å². The highest BCUT2D eigenvalue weighted by atomic mass is 16.5. The molecule has 92 valence electrons. The van der Waals surface area contributed by atoms with Gasteiger partial charge in [0.15, 0.2) is 0 Å². The topological polar surface area (TPSA) is 70.6 Å². The van der Waals surface area contributed by atoms with Gasteiger partial charge in [0, 0.05) is 19.2 Å². The third kappa shape index (κ3) is 5.72. The molecule has 0 atom stereocenters. The van der Waals surface area contributed by atoms with Gasteiger partial charge in [0.05, 0.1) is 13.2 Å². The Balaban J connectivity index is 1.90. The summed E-state index contributed by atoms with van der Waals surface area (Å²) in [5, 5.41) is 14.1. The van der Waals surface area contributed by atoms with E-state index in [1.54, 1.807) is 0 Å². The molecule has 0 aliphatic heterocycles. The van der Waals surface area contributed by atoms with Crippen LogP contribution < -0.4 is 10.6 Å². The highest BCUT2D eigenvalue weighted by Crippen LogP contribution is 2.08. The molecule has 0 unspecified atom stereocenters. The molecule has 0 fully saturated rings. The largest absolute Gasteiger partial charge is 0.394 e. The standard InChI is InChI=1S/C11H20N2O3/c14-7-9-16-8-3-6-12-11(15)13-10-4-1-2-5-10/h1-2,10,14H,3-9H2,(H2,12,13,15). The third-order valence-corrected chi connectivity index (χ3v) is 2.33. The average Bonchev–Trinajstić information content (AvgIpc) is 2.76. The van der Waals surface area contributed by atoms with Crippen LogP contribution in [0.15, 0.2) is 12.2 Å². The van der Waals surface area contributed by atoms with Crippen molar-refractivity contribution in [3.63, 3.8) is 0 Å². The van der Waals surface area contributed by atoms with E-state index < -0.39 is 0 Å². The molecule has 0 saturated heterocycles. The van der Waals surface area contributed by atoms with Gasteiger partial charge < -0.3 is 20.5 Å². The van der Waals surface area contributed by atoms with Crippen molar-refractivity contribution in [1.29, 1.82) is 0 Å². The van der Waals surface area contributed by atoms with Gasteiger partial charge in [-0.1, -0.05) is 12.2 Å². The van der Waals surface area contributed by atoms with Gasteiger partial charge in [-0.05, 0) is 19.3 Å². The number of carbonyl (C=O) groups is 1. The maximum Gasteiger partial charge on any atom is 0.315 e. The van der Waals surface area contributed by atoms with Crippen molar-refractivity contribution in [2.75, 3.05) is 26.4 Å². The molecule has 0 radical (unpaired) electrons. The summed E-state index contributed by atoms with van der Waals surface area (Å²) in [6.45, 7) is 1.56. The van der Waals surface area contributed by atoms with E-state index in [2.05, 4.69) is 22.8 Å². The van der Waals surface area contributed by atoms with Crippen LogP contribution in [-0.2, 0) is 4.74 Å². The molecule has 1 aliphatic rings. The Labute approximate surface area is 95.9 Å². The SMILES string of the molecule is O=C(NCCCOCCO)NC1CC=CC1. The first-order valence-corrected chi connectivity index (χ1v) is 5.71. The van der Waals surface area contributed by atoms with Crippen molar-refractivity contribution in [3.05, 3.63) is 12.2 Å². The molecule has 1 aliphatic carbocycles. The zero-order valence-corrected chi connectivity index (χ0v) is 9.45. The molecule has 0 aromatic carbocycles. The van der Waals surface area contributed by atoms with E-state index in [-0.39, 0.29) is 18.7 Å². The maximum atomic E-state index is 11.4. The first kappa shape index (κ1) is 13.0. The lowest BCUT2D eigenvalue weighted by Gasteiger charge is -2.12. The third-order valence-electron chi connectivity index (χ3n) is 2.33. The number of hydrogen-bond acceptors (Lipinski definition) is 3. The molecule has 1 rings (SSSR count). The van der Waals surface area contributed by atoms with Crippen molar-refractivity contribution in [2.24, 2.45) is 0 Å². The predicted molar refractivity (Wildman–Crippen MR) is 61.2 cm³/mol.